The predicted molar refractivity (Wildman–Crippen MR) is 119 cm³/mol. The van der Waals surface area contributed by atoms with Crippen LogP contribution in [-0.4, -0.2) is 105 Å². The molecule has 0 radical (unpaired) electrons. The first-order valence-corrected chi connectivity index (χ1v) is 11.9. The number of phenolic OH excluding ortho intramolecular Hbond substituents is 1. The number of aromatic hydroxyl groups is 1. The Morgan fingerprint density at radius 1 is 1.03 bits per heavy atom. The number of benzene rings is 1. The highest BCUT2D eigenvalue weighted by Gasteiger charge is 2.77. The molecule has 3 fully saturated rings. The molecule has 0 aromatic heterocycles. The summed E-state index contributed by atoms with van der Waals surface area (Å²) in [5.74, 6) is -1.78. The molecule has 0 bridgehead atoms. The standard InChI is InChI=1S/C22H26O12.C2H6/c23-7-12-14(26)15(27)16(28)21(31-12)33-20-13-11(5-6-30-20)17(18-22(13,8-24)34-18)32-19(29)9-1-3-10(25)4-2-9;1-2/h1-6,11-18,20-21,23-28H,7-8H2;1-2H3/t11-,12-,13-,14-,15?,16-,17+,18+,20+,21+,22-;/m1./s1. The normalized spacial score (nSPS) is 42.3. The van der Waals surface area contributed by atoms with Crippen LogP contribution in [0.1, 0.15) is 24.2 Å². The van der Waals surface area contributed by atoms with Gasteiger partial charge in [0.05, 0.1) is 31.0 Å². The lowest BCUT2D eigenvalue weighted by Gasteiger charge is -2.43. The van der Waals surface area contributed by atoms with E-state index in [-0.39, 0.29) is 11.3 Å². The second-order valence-electron chi connectivity index (χ2n) is 8.84. The Kier molecular flexibility index (Phi) is 7.88. The van der Waals surface area contributed by atoms with Crippen LogP contribution in [0.5, 0.6) is 5.75 Å². The molecule has 1 aliphatic carbocycles. The molecular formula is C24H32O12. The van der Waals surface area contributed by atoms with E-state index < -0.39 is 85.8 Å². The lowest BCUT2D eigenvalue weighted by Crippen LogP contribution is -2.60. The van der Waals surface area contributed by atoms with Crippen molar-refractivity contribution in [2.24, 2.45) is 11.8 Å². The average Bonchev–Trinajstić information content (AvgIpc) is 3.58. The van der Waals surface area contributed by atoms with Crippen LogP contribution in [0.15, 0.2) is 36.6 Å². The van der Waals surface area contributed by atoms with E-state index in [2.05, 4.69) is 0 Å². The van der Waals surface area contributed by atoms with E-state index in [0.29, 0.717) is 0 Å². The van der Waals surface area contributed by atoms with Crippen molar-refractivity contribution in [3.63, 3.8) is 0 Å². The van der Waals surface area contributed by atoms with Crippen molar-refractivity contribution in [2.75, 3.05) is 13.2 Å². The fraction of sp³-hybridized carbons (Fsp3) is 0.625. The summed E-state index contributed by atoms with van der Waals surface area (Å²) in [6.07, 6.45) is -6.99. The molecule has 1 saturated carbocycles. The number of rotatable bonds is 6. The molecule has 6 N–H and O–H groups in total. The Bertz CT molecular complexity index is 936. The second kappa shape index (κ2) is 10.6. The monoisotopic (exact) mass is 512 g/mol. The summed E-state index contributed by atoms with van der Waals surface area (Å²) in [5.41, 5.74) is -0.907. The fourth-order valence-corrected chi connectivity index (χ4v) is 5.08. The van der Waals surface area contributed by atoms with E-state index in [1.165, 1.54) is 30.5 Å². The van der Waals surface area contributed by atoms with Crippen LogP contribution < -0.4 is 0 Å². The predicted octanol–water partition coefficient (Wildman–Crippen LogP) is -0.994. The highest BCUT2D eigenvalue weighted by Crippen LogP contribution is 2.60. The average molecular weight is 513 g/mol. The molecule has 12 nitrogen and oxygen atoms in total. The van der Waals surface area contributed by atoms with Crippen molar-refractivity contribution in [1.82, 2.24) is 0 Å². The van der Waals surface area contributed by atoms with E-state index in [9.17, 15) is 35.4 Å². The lowest BCUT2D eigenvalue weighted by atomic mass is 9.85. The number of fused-ring (bicyclic) bond motifs is 3. The molecular weight excluding hydrogens is 480 g/mol. The van der Waals surface area contributed by atoms with Crippen molar-refractivity contribution in [1.29, 1.82) is 0 Å². The number of aliphatic hydroxyl groups is 5. The van der Waals surface area contributed by atoms with Gasteiger partial charge in [0, 0.05) is 5.92 Å². The molecule has 1 unspecified atom stereocenters. The minimum atomic E-state index is -1.64. The molecule has 1 aromatic carbocycles. The van der Waals surface area contributed by atoms with Gasteiger partial charge in [-0.15, -0.1) is 0 Å². The minimum absolute atomic E-state index is 0.00264. The summed E-state index contributed by atoms with van der Waals surface area (Å²) >= 11 is 0. The van der Waals surface area contributed by atoms with E-state index in [0.717, 1.165) is 0 Å². The maximum Gasteiger partial charge on any atom is 0.338 e. The fourth-order valence-electron chi connectivity index (χ4n) is 5.08. The van der Waals surface area contributed by atoms with Crippen LogP contribution in [0.4, 0.5) is 0 Å². The number of carbonyl (C=O) groups excluding carboxylic acids is 1. The van der Waals surface area contributed by atoms with Crippen molar-refractivity contribution in [3.05, 3.63) is 42.2 Å². The highest BCUT2D eigenvalue weighted by molar-refractivity contribution is 5.89. The third-order valence-electron chi connectivity index (χ3n) is 6.94. The maximum atomic E-state index is 12.7. The van der Waals surface area contributed by atoms with E-state index in [4.69, 9.17) is 23.7 Å². The topological polar surface area (TPSA) is 188 Å². The summed E-state index contributed by atoms with van der Waals surface area (Å²) in [6, 6.07) is 5.56. The van der Waals surface area contributed by atoms with Crippen molar-refractivity contribution in [3.8, 4) is 5.75 Å². The molecule has 2 saturated heterocycles. The molecule has 11 atom stereocenters. The number of hydrogen-bond donors (Lipinski definition) is 6. The van der Waals surface area contributed by atoms with Crippen molar-refractivity contribution in [2.45, 2.75) is 68.7 Å². The van der Waals surface area contributed by atoms with E-state index >= 15 is 0 Å². The van der Waals surface area contributed by atoms with Crippen LogP contribution in [0.25, 0.3) is 0 Å². The first kappa shape index (κ1) is 26.8. The van der Waals surface area contributed by atoms with Crippen LogP contribution in [-0.2, 0) is 23.7 Å². The maximum absolute atomic E-state index is 12.7. The van der Waals surface area contributed by atoms with Gasteiger partial charge in [0.2, 0.25) is 6.29 Å². The Hall–Kier alpha value is -2.29. The van der Waals surface area contributed by atoms with Gasteiger partial charge in [-0.3, -0.25) is 0 Å². The molecule has 5 rings (SSSR count). The molecule has 0 spiro atoms. The number of ether oxygens (including phenoxy) is 5. The quantitative estimate of drug-likeness (QED) is 0.202. The number of epoxide rings is 1. The molecule has 4 aliphatic rings. The van der Waals surface area contributed by atoms with Crippen LogP contribution >= 0.6 is 0 Å². The summed E-state index contributed by atoms with van der Waals surface area (Å²) < 4.78 is 28.3. The number of esters is 1. The van der Waals surface area contributed by atoms with Gasteiger partial charge in [-0.25, -0.2) is 4.79 Å². The minimum Gasteiger partial charge on any atom is -0.508 e. The molecule has 1 aromatic rings. The molecule has 3 aliphatic heterocycles. The zero-order valence-corrected chi connectivity index (χ0v) is 19.8. The SMILES string of the molecule is CC.O=C(O[C@H]1[C@@H]2C=CO[C@@H](O[C@@H]3O[C@H](CO)[C@@H](O)C(O)[C@H]3O)[C@@H]2[C@@]2(CO)O[C@@H]12)c1ccc(O)cc1. The molecule has 36 heavy (non-hydrogen) atoms. The largest absolute Gasteiger partial charge is 0.508 e. The van der Waals surface area contributed by atoms with Crippen LogP contribution in [0.3, 0.4) is 0 Å². The summed E-state index contributed by atoms with van der Waals surface area (Å²) in [5, 5.41) is 59.3. The van der Waals surface area contributed by atoms with Gasteiger partial charge in [0.1, 0.15) is 48.0 Å². The third kappa shape index (κ3) is 4.48. The molecule has 0 amide bonds. The second-order valence-corrected chi connectivity index (χ2v) is 8.84. The van der Waals surface area contributed by atoms with Gasteiger partial charge in [0.25, 0.3) is 0 Å². The third-order valence-corrected chi connectivity index (χ3v) is 6.94. The first-order valence-electron chi connectivity index (χ1n) is 11.9. The van der Waals surface area contributed by atoms with Crippen LogP contribution in [0, 0.1) is 11.8 Å². The summed E-state index contributed by atoms with van der Waals surface area (Å²) in [4.78, 5) is 12.7. The van der Waals surface area contributed by atoms with Gasteiger partial charge < -0.3 is 54.3 Å². The Labute approximate surface area is 207 Å². The number of phenols is 1. The zero-order valence-electron chi connectivity index (χ0n) is 19.8. The first-order chi connectivity index (χ1) is 17.3. The zero-order chi connectivity index (χ0) is 26.2. The van der Waals surface area contributed by atoms with Gasteiger partial charge in [0.15, 0.2) is 6.29 Å². The number of hydrogen-bond acceptors (Lipinski definition) is 12. The smallest absolute Gasteiger partial charge is 0.338 e. The molecule has 3 heterocycles. The Morgan fingerprint density at radius 3 is 2.36 bits per heavy atom. The van der Waals surface area contributed by atoms with Gasteiger partial charge in [-0.05, 0) is 30.3 Å². The van der Waals surface area contributed by atoms with E-state index in [1.807, 2.05) is 13.8 Å². The van der Waals surface area contributed by atoms with Gasteiger partial charge >= 0.3 is 5.97 Å². The summed E-state index contributed by atoms with van der Waals surface area (Å²) in [6.45, 7) is 2.96. The highest BCUT2D eigenvalue weighted by atomic mass is 16.8. The Morgan fingerprint density at radius 2 is 1.72 bits per heavy atom. The summed E-state index contributed by atoms with van der Waals surface area (Å²) in [7, 11) is 0. The lowest BCUT2D eigenvalue weighted by molar-refractivity contribution is -0.344. The van der Waals surface area contributed by atoms with Gasteiger partial charge in [-0.1, -0.05) is 13.8 Å². The van der Waals surface area contributed by atoms with Crippen molar-refractivity contribution >= 4 is 5.97 Å². The molecule has 12 heteroatoms. The number of aliphatic hydroxyl groups excluding tert-OH is 5. The Balaban J connectivity index is 0.00000148. The van der Waals surface area contributed by atoms with Crippen molar-refractivity contribution < 1.29 is 59.1 Å². The molecule has 200 valence electrons. The number of carbonyl (C=O) groups is 1. The van der Waals surface area contributed by atoms with Crippen LogP contribution in [0.2, 0.25) is 0 Å². The van der Waals surface area contributed by atoms with Gasteiger partial charge in [-0.2, -0.15) is 0 Å². The van der Waals surface area contributed by atoms with E-state index in [1.54, 1.807) is 6.08 Å².